The summed E-state index contributed by atoms with van der Waals surface area (Å²) in [5.41, 5.74) is 7.44. The van der Waals surface area contributed by atoms with Crippen molar-refractivity contribution < 1.29 is 5.11 Å². The van der Waals surface area contributed by atoms with Gasteiger partial charge in [-0.15, -0.1) is 11.6 Å². The Labute approximate surface area is 230 Å². The van der Waals surface area contributed by atoms with Crippen molar-refractivity contribution in [2.24, 2.45) is 0 Å². The first-order valence-corrected chi connectivity index (χ1v) is 13.3. The van der Waals surface area contributed by atoms with Gasteiger partial charge in [0.2, 0.25) is 0 Å². The van der Waals surface area contributed by atoms with Crippen molar-refractivity contribution in [3.63, 3.8) is 0 Å². The first kappa shape index (κ1) is 24.7. The normalized spacial score (nSPS) is 11.0. The number of benzene rings is 2. The monoisotopic (exact) mass is 622 g/mol. The van der Waals surface area contributed by atoms with Crippen LogP contribution in [0.4, 0.5) is 0 Å². The molecule has 0 unspecified atom stereocenters. The van der Waals surface area contributed by atoms with Gasteiger partial charge in [0.25, 0.3) is 0 Å². The number of fused-ring (bicyclic) bond motifs is 2. The Bertz CT molecular complexity index is 1510. The average molecular weight is 625 g/mol. The van der Waals surface area contributed by atoms with Crippen molar-refractivity contribution in [1.82, 2.24) is 18.8 Å². The Hall–Kier alpha value is -2.97. The van der Waals surface area contributed by atoms with E-state index in [2.05, 4.69) is 41.8 Å². The maximum atomic E-state index is 9.56. The number of aliphatic hydroxyl groups excluding tert-OH is 1. The van der Waals surface area contributed by atoms with E-state index in [0.717, 1.165) is 54.1 Å². The fraction of sp³-hybridized carbons (Fsp3) is 0.0714. The van der Waals surface area contributed by atoms with Crippen LogP contribution in [0.15, 0.2) is 106 Å². The Kier molecular flexibility index (Phi) is 7.53. The van der Waals surface area contributed by atoms with E-state index in [-0.39, 0.29) is 6.61 Å². The highest BCUT2D eigenvalue weighted by Crippen LogP contribution is 2.27. The summed E-state index contributed by atoms with van der Waals surface area (Å²) < 4.78 is 5.93. The molecule has 0 radical (unpaired) electrons. The molecular weight excluding hydrogens is 604 g/mol. The van der Waals surface area contributed by atoms with Gasteiger partial charge >= 0.3 is 0 Å². The van der Waals surface area contributed by atoms with Crippen LogP contribution in [0.5, 0.6) is 0 Å². The van der Waals surface area contributed by atoms with E-state index >= 15 is 0 Å². The maximum Gasteiger partial charge on any atom is 0.138 e. The summed E-state index contributed by atoms with van der Waals surface area (Å²) in [4.78, 5) is 9.25. The van der Waals surface area contributed by atoms with Crippen LogP contribution in [0.3, 0.4) is 0 Å². The fourth-order valence-electron chi connectivity index (χ4n) is 4.07. The number of hydrogen-bond acceptors (Lipinski definition) is 3. The summed E-state index contributed by atoms with van der Waals surface area (Å²) in [7, 11) is 0. The number of rotatable bonds is 4. The predicted octanol–water partition coefficient (Wildman–Crippen LogP) is 7.76. The third-order valence-corrected chi connectivity index (χ3v) is 6.98. The zero-order chi connectivity index (χ0) is 25.1. The Morgan fingerprint density at radius 2 is 1.11 bits per heavy atom. The molecule has 0 saturated heterocycles. The quantitative estimate of drug-likeness (QED) is 0.204. The minimum atomic E-state index is -0.0347. The average Bonchev–Trinajstić information content (AvgIpc) is 3.47. The number of imidazole rings is 2. The van der Waals surface area contributed by atoms with Crippen molar-refractivity contribution >= 4 is 54.8 Å². The summed E-state index contributed by atoms with van der Waals surface area (Å²) in [6, 6.07) is 27.8. The number of nitrogens with zero attached hydrogens (tertiary/aromatic N) is 4. The molecular formula is C28H21Br2ClN4O. The van der Waals surface area contributed by atoms with Crippen LogP contribution in [0.1, 0.15) is 11.4 Å². The fourth-order valence-corrected chi connectivity index (χ4v) is 4.98. The van der Waals surface area contributed by atoms with Crippen LogP contribution >= 0.6 is 43.5 Å². The largest absolute Gasteiger partial charge is 0.390 e. The standard InChI is InChI=1S/C14H10BrClN2.C14H11BrN2O/c15-11-6-7-18-12(9-16)14(17-13(18)8-11)10-4-2-1-3-5-10;15-11-6-7-17-12(9-18)14(16-13(17)8-11)10-4-2-1-3-5-10/h1-8H,9H2;1-8,18H,9H2. The zero-order valence-electron chi connectivity index (χ0n) is 19.0. The van der Waals surface area contributed by atoms with Gasteiger partial charge in [0, 0.05) is 32.5 Å². The maximum absolute atomic E-state index is 9.56. The molecule has 0 amide bonds. The molecule has 180 valence electrons. The van der Waals surface area contributed by atoms with Crippen LogP contribution < -0.4 is 0 Å². The molecule has 0 atom stereocenters. The van der Waals surface area contributed by atoms with Crippen LogP contribution in [-0.4, -0.2) is 23.9 Å². The molecule has 0 spiro atoms. The van der Waals surface area contributed by atoms with Gasteiger partial charge in [-0.25, -0.2) is 9.97 Å². The summed E-state index contributed by atoms with van der Waals surface area (Å²) in [5, 5.41) is 9.56. The minimum Gasteiger partial charge on any atom is -0.390 e. The zero-order valence-corrected chi connectivity index (χ0v) is 22.9. The van der Waals surface area contributed by atoms with Crippen LogP contribution in [0.2, 0.25) is 0 Å². The van der Waals surface area contributed by atoms with Crippen LogP contribution in [0, 0.1) is 0 Å². The molecule has 1 N–H and O–H groups in total. The molecule has 0 saturated carbocycles. The van der Waals surface area contributed by atoms with E-state index in [1.807, 2.05) is 106 Å². The van der Waals surface area contributed by atoms with E-state index < -0.39 is 0 Å². The van der Waals surface area contributed by atoms with Gasteiger partial charge in [0.15, 0.2) is 0 Å². The van der Waals surface area contributed by atoms with Crippen molar-refractivity contribution in [2.45, 2.75) is 12.5 Å². The highest BCUT2D eigenvalue weighted by molar-refractivity contribution is 9.10. The number of hydrogen-bond donors (Lipinski definition) is 1. The van der Waals surface area contributed by atoms with Crippen molar-refractivity contribution in [3.8, 4) is 22.5 Å². The summed E-state index contributed by atoms with van der Waals surface area (Å²) >= 11 is 13.0. The van der Waals surface area contributed by atoms with E-state index in [1.165, 1.54) is 0 Å². The third-order valence-electron chi connectivity index (χ3n) is 5.75. The molecule has 4 heterocycles. The lowest BCUT2D eigenvalue weighted by Crippen LogP contribution is -1.93. The van der Waals surface area contributed by atoms with Gasteiger partial charge in [-0.2, -0.15) is 0 Å². The SMILES string of the molecule is ClCc1c(-c2ccccc2)nc2cc(Br)ccn12.OCc1c(-c2ccccc2)nc2cc(Br)ccn12. The van der Waals surface area contributed by atoms with Crippen LogP contribution in [0.25, 0.3) is 33.8 Å². The second kappa shape index (κ2) is 11.0. The number of aromatic nitrogens is 4. The molecule has 8 heteroatoms. The summed E-state index contributed by atoms with van der Waals surface area (Å²) in [6.07, 6.45) is 3.89. The molecule has 6 aromatic rings. The van der Waals surface area contributed by atoms with Gasteiger partial charge < -0.3 is 13.9 Å². The number of aliphatic hydroxyl groups is 1. The lowest BCUT2D eigenvalue weighted by molar-refractivity contribution is 0.276. The molecule has 0 aliphatic rings. The molecule has 0 fully saturated rings. The lowest BCUT2D eigenvalue weighted by Gasteiger charge is -2.01. The Morgan fingerprint density at radius 3 is 1.56 bits per heavy atom. The van der Waals surface area contributed by atoms with E-state index in [1.54, 1.807) is 0 Å². The van der Waals surface area contributed by atoms with Gasteiger partial charge in [0.05, 0.1) is 35.3 Å². The molecule has 4 aromatic heterocycles. The van der Waals surface area contributed by atoms with Crippen molar-refractivity contribution in [1.29, 1.82) is 0 Å². The minimum absolute atomic E-state index is 0.0347. The van der Waals surface area contributed by atoms with Crippen molar-refractivity contribution in [2.75, 3.05) is 0 Å². The van der Waals surface area contributed by atoms with Crippen LogP contribution in [-0.2, 0) is 12.5 Å². The first-order chi connectivity index (χ1) is 17.6. The smallest absolute Gasteiger partial charge is 0.138 e. The van der Waals surface area contributed by atoms with E-state index in [4.69, 9.17) is 11.6 Å². The molecule has 2 aromatic carbocycles. The van der Waals surface area contributed by atoms with Gasteiger partial charge in [0.1, 0.15) is 11.3 Å². The molecule has 5 nitrogen and oxygen atoms in total. The highest BCUT2D eigenvalue weighted by atomic mass is 79.9. The van der Waals surface area contributed by atoms with E-state index in [0.29, 0.717) is 5.88 Å². The molecule has 36 heavy (non-hydrogen) atoms. The number of alkyl halides is 1. The molecule has 0 aliphatic carbocycles. The Balaban J connectivity index is 0.000000148. The Morgan fingerprint density at radius 1 is 0.667 bits per heavy atom. The van der Waals surface area contributed by atoms with Gasteiger partial charge in [-0.1, -0.05) is 92.5 Å². The van der Waals surface area contributed by atoms with Crippen molar-refractivity contribution in [3.05, 3.63) is 118 Å². The number of pyridine rings is 2. The molecule has 6 rings (SSSR count). The third kappa shape index (κ3) is 4.97. The second-order valence-corrected chi connectivity index (χ2v) is 10.1. The summed E-state index contributed by atoms with van der Waals surface area (Å²) in [5.74, 6) is 0.438. The highest BCUT2D eigenvalue weighted by Gasteiger charge is 2.14. The first-order valence-electron chi connectivity index (χ1n) is 11.2. The summed E-state index contributed by atoms with van der Waals surface area (Å²) in [6.45, 7) is -0.0347. The second-order valence-electron chi connectivity index (χ2n) is 7.98. The molecule has 0 bridgehead atoms. The predicted molar refractivity (Wildman–Crippen MR) is 152 cm³/mol. The number of halogens is 3. The lowest BCUT2D eigenvalue weighted by atomic mass is 10.1. The van der Waals surface area contributed by atoms with Gasteiger partial charge in [-0.05, 0) is 24.3 Å². The van der Waals surface area contributed by atoms with Gasteiger partial charge in [-0.3, -0.25) is 0 Å². The molecule has 0 aliphatic heterocycles. The topological polar surface area (TPSA) is 54.8 Å². The van der Waals surface area contributed by atoms with E-state index in [9.17, 15) is 5.11 Å².